The molecule has 0 amide bonds. The van der Waals surface area contributed by atoms with Gasteiger partial charge in [0.25, 0.3) is 0 Å². The first-order valence-corrected chi connectivity index (χ1v) is 8.56. The molecular weight excluding hydrogens is 321 g/mol. The van der Waals surface area contributed by atoms with Crippen molar-refractivity contribution in [2.45, 2.75) is 25.0 Å². The van der Waals surface area contributed by atoms with Gasteiger partial charge in [-0.05, 0) is 36.4 Å². The maximum Gasteiger partial charge on any atom is 0.190 e. The van der Waals surface area contributed by atoms with Crippen LogP contribution in [-0.4, -0.2) is 20.8 Å². The molecule has 1 aromatic carbocycles. The van der Waals surface area contributed by atoms with E-state index in [1.807, 2.05) is 18.4 Å². The second-order valence-corrected chi connectivity index (χ2v) is 6.08. The Morgan fingerprint density at radius 1 is 1.27 bits per heavy atom. The highest BCUT2D eigenvalue weighted by Gasteiger charge is 2.14. The minimum atomic E-state index is -0.232. The van der Waals surface area contributed by atoms with Gasteiger partial charge in [0.2, 0.25) is 0 Å². The number of halogens is 2. The molecule has 3 nitrogen and oxygen atoms in total. The number of hydrogen-bond donors (Lipinski definition) is 0. The molecule has 0 spiro atoms. The number of thioether (sulfide) groups is 1. The van der Waals surface area contributed by atoms with Crippen molar-refractivity contribution in [2.24, 2.45) is 0 Å². The molecule has 114 valence electrons. The summed E-state index contributed by atoms with van der Waals surface area (Å²) in [6, 6.07) is 8.64. The van der Waals surface area contributed by atoms with E-state index < -0.39 is 0 Å². The van der Waals surface area contributed by atoms with Crippen LogP contribution in [0, 0.1) is 5.82 Å². The highest BCUT2D eigenvalue weighted by molar-refractivity contribution is 7.98. The molecule has 0 saturated heterocycles. The molecule has 2 heterocycles. The van der Waals surface area contributed by atoms with Crippen molar-refractivity contribution in [3.63, 3.8) is 0 Å². The molecule has 2 aromatic heterocycles. The lowest BCUT2D eigenvalue weighted by atomic mass is 10.2. The van der Waals surface area contributed by atoms with Crippen LogP contribution < -0.4 is 0 Å². The molecule has 6 heteroatoms. The Hall–Kier alpha value is -1.59. The van der Waals surface area contributed by atoms with Crippen molar-refractivity contribution in [1.29, 1.82) is 0 Å². The summed E-state index contributed by atoms with van der Waals surface area (Å²) in [6.45, 7) is 2.64. The zero-order valence-electron chi connectivity index (χ0n) is 12.3. The van der Waals surface area contributed by atoms with Crippen LogP contribution in [0.5, 0.6) is 0 Å². The lowest BCUT2D eigenvalue weighted by molar-refractivity contribution is 0.623. The largest absolute Gasteiger partial charge is 0.325 e. The Morgan fingerprint density at radius 3 is 2.77 bits per heavy atom. The molecular formula is C16H15ClFN3S. The van der Waals surface area contributed by atoms with Crippen LogP contribution in [-0.2, 0) is 13.0 Å². The van der Waals surface area contributed by atoms with Crippen molar-refractivity contribution in [1.82, 2.24) is 14.5 Å². The Bertz CT molecular complexity index is 832. The van der Waals surface area contributed by atoms with Gasteiger partial charge < -0.3 is 4.57 Å². The average Bonchev–Trinajstić information content (AvgIpc) is 2.86. The maximum absolute atomic E-state index is 13.4. The Morgan fingerprint density at radius 2 is 2.09 bits per heavy atom. The van der Waals surface area contributed by atoms with Gasteiger partial charge in [0.1, 0.15) is 16.6 Å². The molecule has 0 saturated carbocycles. The number of benzene rings is 1. The number of aryl methyl sites for hydroxylation is 1. The van der Waals surface area contributed by atoms with Crippen LogP contribution in [0.15, 0.2) is 35.5 Å². The summed E-state index contributed by atoms with van der Waals surface area (Å²) in [5.41, 5.74) is 2.80. The fraction of sp³-hybridized carbons (Fsp3) is 0.250. The molecule has 22 heavy (non-hydrogen) atoms. The molecule has 0 fully saturated rings. The monoisotopic (exact) mass is 335 g/mol. The minimum absolute atomic E-state index is 0.232. The van der Waals surface area contributed by atoms with Crippen LogP contribution in [0.2, 0.25) is 5.15 Å². The van der Waals surface area contributed by atoms with E-state index in [2.05, 4.69) is 21.5 Å². The van der Waals surface area contributed by atoms with Gasteiger partial charge in [-0.3, -0.25) is 0 Å². The fourth-order valence-electron chi connectivity index (χ4n) is 2.50. The Balaban J connectivity index is 2.16. The van der Waals surface area contributed by atoms with Crippen LogP contribution >= 0.6 is 23.4 Å². The molecule has 0 aliphatic heterocycles. The van der Waals surface area contributed by atoms with Crippen LogP contribution in [0.1, 0.15) is 18.2 Å². The van der Waals surface area contributed by atoms with E-state index in [4.69, 9.17) is 11.6 Å². The molecule has 3 rings (SSSR count). The fourth-order valence-corrected chi connectivity index (χ4v) is 3.13. The Kier molecular flexibility index (Phi) is 4.36. The van der Waals surface area contributed by atoms with E-state index in [-0.39, 0.29) is 5.82 Å². The van der Waals surface area contributed by atoms with Crippen molar-refractivity contribution in [3.05, 3.63) is 52.6 Å². The summed E-state index contributed by atoms with van der Waals surface area (Å²) < 4.78 is 15.5. The number of fused-ring (bicyclic) bond motifs is 1. The summed E-state index contributed by atoms with van der Waals surface area (Å²) in [5, 5.41) is 1.94. The third-order valence-electron chi connectivity index (χ3n) is 3.55. The first kappa shape index (κ1) is 15.3. The smallest absolute Gasteiger partial charge is 0.190 e. The van der Waals surface area contributed by atoms with E-state index >= 15 is 0 Å². The van der Waals surface area contributed by atoms with Crippen LogP contribution in [0.3, 0.4) is 0 Å². The third kappa shape index (κ3) is 2.83. The number of aromatic nitrogens is 3. The Labute approximate surface area is 137 Å². The van der Waals surface area contributed by atoms with Crippen molar-refractivity contribution >= 4 is 34.4 Å². The van der Waals surface area contributed by atoms with Gasteiger partial charge in [-0.1, -0.05) is 42.4 Å². The maximum atomic E-state index is 13.4. The molecule has 3 aromatic rings. The van der Waals surface area contributed by atoms with Gasteiger partial charge in [-0.2, -0.15) is 0 Å². The molecule has 0 aliphatic carbocycles. The van der Waals surface area contributed by atoms with Crippen molar-refractivity contribution in [3.8, 4) is 0 Å². The third-order valence-corrected chi connectivity index (χ3v) is 4.38. The predicted octanol–water partition coefficient (Wildman–Crippen LogP) is 4.56. The topological polar surface area (TPSA) is 30.7 Å². The van der Waals surface area contributed by atoms with E-state index in [0.29, 0.717) is 16.9 Å². The van der Waals surface area contributed by atoms with Gasteiger partial charge in [-0.25, -0.2) is 14.4 Å². The number of hydrogen-bond acceptors (Lipinski definition) is 3. The van der Waals surface area contributed by atoms with Gasteiger partial charge in [-0.15, -0.1) is 0 Å². The van der Waals surface area contributed by atoms with Gasteiger partial charge in [0.15, 0.2) is 5.16 Å². The molecule has 0 radical (unpaired) electrons. The zero-order valence-corrected chi connectivity index (χ0v) is 13.9. The second kappa shape index (κ2) is 6.26. The average molecular weight is 336 g/mol. The summed E-state index contributed by atoms with van der Waals surface area (Å²) in [4.78, 5) is 8.85. The quantitative estimate of drug-likeness (QED) is 0.398. The summed E-state index contributed by atoms with van der Waals surface area (Å²) >= 11 is 7.73. The van der Waals surface area contributed by atoms with Gasteiger partial charge >= 0.3 is 0 Å². The molecule has 0 aliphatic rings. The van der Waals surface area contributed by atoms with Crippen molar-refractivity contribution in [2.75, 3.05) is 6.26 Å². The predicted molar refractivity (Wildman–Crippen MR) is 89.2 cm³/mol. The molecule has 0 bridgehead atoms. The molecule has 0 atom stereocenters. The standard InChI is InChI=1S/C16H15ClFN3S/c1-3-12-8-13-14(17)19-16(22-2)20-15(13)21(12)9-10-5-4-6-11(18)7-10/h4-8H,3,9H2,1-2H3. The van der Waals surface area contributed by atoms with Crippen LogP contribution in [0.25, 0.3) is 11.0 Å². The highest BCUT2D eigenvalue weighted by atomic mass is 35.5. The van der Waals surface area contributed by atoms with Gasteiger partial charge in [0, 0.05) is 12.2 Å². The highest BCUT2D eigenvalue weighted by Crippen LogP contribution is 2.27. The summed E-state index contributed by atoms with van der Waals surface area (Å²) in [5.74, 6) is -0.232. The summed E-state index contributed by atoms with van der Waals surface area (Å²) in [7, 11) is 0. The van der Waals surface area contributed by atoms with Crippen molar-refractivity contribution < 1.29 is 4.39 Å². The van der Waals surface area contributed by atoms with E-state index in [1.54, 1.807) is 12.1 Å². The number of rotatable bonds is 4. The zero-order chi connectivity index (χ0) is 15.7. The molecule has 0 N–H and O–H groups in total. The number of nitrogens with zero attached hydrogens (tertiary/aromatic N) is 3. The lowest BCUT2D eigenvalue weighted by Crippen LogP contribution is -2.05. The van der Waals surface area contributed by atoms with Crippen LogP contribution in [0.4, 0.5) is 4.39 Å². The van der Waals surface area contributed by atoms with E-state index in [0.717, 1.165) is 28.7 Å². The normalized spacial score (nSPS) is 11.3. The van der Waals surface area contributed by atoms with E-state index in [9.17, 15) is 4.39 Å². The first-order valence-electron chi connectivity index (χ1n) is 6.96. The second-order valence-electron chi connectivity index (χ2n) is 4.94. The lowest BCUT2D eigenvalue weighted by Gasteiger charge is -2.10. The first-order chi connectivity index (χ1) is 10.6. The minimum Gasteiger partial charge on any atom is -0.325 e. The van der Waals surface area contributed by atoms with Gasteiger partial charge in [0.05, 0.1) is 5.39 Å². The van der Waals surface area contributed by atoms with E-state index in [1.165, 1.54) is 17.8 Å². The summed E-state index contributed by atoms with van der Waals surface area (Å²) in [6.07, 6.45) is 2.76. The molecule has 0 unspecified atom stereocenters. The SMILES string of the molecule is CCc1cc2c(Cl)nc(SC)nc2n1Cc1cccc(F)c1.